The summed E-state index contributed by atoms with van der Waals surface area (Å²) in [5.74, 6) is -1.10. The van der Waals surface area contributed by atoms with Gasteiger partial charge in [0.05, 0.1) is 16.2 Å². The Kier molecular flexibility index (Phi) is 6.10. The zero-order chi connectivity index (χ0) is 22.8. The Labute approximate surface area is 191 Å². The maximum Gasteiger partial charge on any atom is 0.337 e. The number of benzene rings is 2. The molecule has 7 heteroatoms. The molecule has 0 spiro atoms. The first-order valence-electron chi connectivity index (χ1n) is 10.4. The number of carbonyl (C=O) groups is 2. The third-order valence-electron chi connectivity index (χ3n) is 5.52. The van der Waals surface area contributed by atoms with Crippen LogP contribution < -0.4 is 10.6 Å². The molecule has 1 saturated heterocycles. The summed E-state index contributed by atoms with van der Waals surface area (Å²) in [6, 6.07) is 17.1. The van der Waals surface area contributed by atoms with E-state index >= 15 is 0 Å². The highest BCUT2D eigenvalue weighted by Gasteiger charge is 2.28. The zero-order valence-corrected chi connectivity index (χ0v) is 19.0. The maximum atomic E-state index is 12.6. The summed E-state index contributed by atoms with van der Waals surface area (Å²) < 4.78 is 1.92. The standard InChI is InChI=1S/C25H25N3O3S/c1-4-17-9-11-19(12-10-17)26-25-27-23(29)22(32-25)14-18-13-15(2)28(16(18)3)21-8-6-5-7-20(21)24(30)31/h5-14,25-26H,4H2,1-3H3,(H,27,29)(H,30,31)/b22-14-/t25-/m0/s1. The number of carboxylic acid groups (broad SMARTS) is 1. The molecule has 1 aliphatic heterocycles. The van der Waals surface area contributed by atoms with Gasteiger partial charge in [-0.1, -0.05) is 43.0 Å². The Hall–Kier alpha value is -3.45. The van der Waals surface area contributed by atoms with Crippen LogP contribution in [0, 0.1) is 13.8 Å². The molecule has 0 bridgehead atoms. The van der Waals surface area contributed by atoms with E-state index in [9.17, 15) is 14.7 Å². The number of nitrogens with one attached hydrogen (secondary N) is 2. The highest BCUT2D eigenvalue weighted by atomic mass is 32.2. The lowest BCUT2D eigenvalue weighted by molar-refractivity contribution is -0.116. The summed E-state index contributed by atoms with van der Waals surface area (Å²) in [5, 5.41) is 15.9. The van der Waals surface area contributed by atoms with Crippen LogP contribution in [0.1, 0.15) is 39.8 Å². The molecule has 2 aromatic carbocycles. The van der Waals surface area contributed by atoms with E-state index in [0.29, 0.717) is 10.6 Å². The second kappa shape index (κ2) is 8.96. The van der Waals surface area contributed by atoms with Gasteiger partial charge in [-0.3, -0.25) is 4.79 Å². The van der Waals surface area contributed by atoms with Crippen molar-refractivity contribution in [3.05, 3.63) is 87.6 Å². The van der Waals surface area contributed by atoms with Crippen molar-refractivity contribution < 1.29 is 14.7 Å². The molecular weight excluding hydrogens is 422 g/mol. The number of carboxylic acids is 1. The van der Waals surface area contributed by atoms with E-state index in [4.69, 9.17) is 0 Å². The SMILES string of the molecule is CCc1ccc(N[C@H]2NC(=O)/C(=C/c3cc(C)n(-c4ccccc4C(=O)O)c3C)S2)cc1. The van der Waals surface area contributed by atoms with Crippen LogP contribution in [0.5, 0.6) is 0 Å². The Morgan fingerprint density at radius 2 is 1.91 bits per heavy atom. The molecular formula is C25H25N3O3S. The molecule has 3 aromatic rings. The fourth-order valence-electron chi connectivity index (χ4n) is 3.85. The second-order valence-electron chi connectivity index (χ2n) is 7.66. The van der Waals surface area contributed by atoms with Crippen molar-refractivity contribution in [1.82, 2.24) is 9.88 Å². The van der Waals surface area contributed by atoms with Gasteiger partial charge in [0.15, 0.2) is 5.50 Å². The number of aromatic carboxylic acids is 1. The summed E-state index contributed by atoms with van der Waals surface area (Å²) in [6.45, 7) is 5.98. The number of thioether (sulfide) groups is 1. The minimum Gasteiger partial charge on any atom is -0.478 e. The van der Waals surface area contributed by atoms with E-state index in [0.717, 1.165) is 29.1 Å². The van der Waals surface area contributed by atoms with Crippen LogP contribution in [-0.4, -0.2) is 27.0 Å². The second-order valence-corrected chi connectivity index (χ2v) is 8.81. The first-order valence-corrected chi connectivity index (χ1v) is 11.3. The highest BCUT2D eigenvalue weighted by molar-refractivity contribution is 8.05. The van der Waals surface area contributed by atoms with Crippen LogP contribution in [0.15, 0.2) is 59.5 Å². The van der Waals surface area contributed by atoms with Crippen LogP contribution in [-0.2, 0) is 11.2 Å². The van der Waals surface area contributed by atoms with E-state index in [1.54, 1.807) is 18.2 Å². The van der Waals surface area contributed by atoms with Gasteiger partial charge in [-0.25, -0.2) is 4.79 Å². The topological polar surface area (TPSA) is 83.4 Å². The average Bonchev–Trinajstić information content (AvgIpc) is 3.26. The van der Waals surface area contributed by atoms with Crippen LogP contribution in [0.4, 0.5) is 5.69 Å². The van der Waals surface area contributed by atoms with Crippen molar-refractivity contribution in [2.24, 2.45) is 0 Å². The van der Waals surface area contributed by atoms with Crippen molar-refractivity contribution >= 4 is 35.4 Å². The highest BCUT2D eigenvalue weighted by Crippen LogP contribution is 2.32. The van der Waals surface area contributed by atoms with Crippen molar-refractivity contribution in [3.8, 4) is 5.69 Å². The van der Waals surface area contributed by atoms with Gasteiger partial charge in [0.1, 0.15) is 0 Å². The van der Waals surface area contributed by atoms with Crippen LogP contribution in [0.25, 0.3) is 11.8 Å². The Morgan fingerprint density at radius 1 is 1.19 bits per heavy atom. The lowest BCUT2D eigenvalue weighted by atomic mass is 10.1. The number of carbonyl (C=O) groups excluding carboxylic acids is 1. The molecule has 0 saturated carbocycles. The smallest absolute Gasteiger partial charge is 0.337 e. The number of para-hydroxylation sites is 1. The molecule has 2 heterocycles. The number of aryl methyl sites for hydroxylation is 2. The van der Waals surface area contributed by atoms with Gasteiger partial charge < -0.3 is 20.3 Å². The predicted molar refractivity (Wildman–Crippen MR) is 129 cm³/mol. The predicted octanol–water partition coefficient (Wildman–Crippen LogP) is 4.95. The van der Waals surface area contributed by atoms with E-state index in [1.165, 1.54) is 17.3 Å². The first kappa shape index (κ1) is 21.8. The van der Waals surface area contributed by atoms with Crippen molar-refractivity contribution in [2.45, 2.75) is 32.7 Å². The number of hydrogen-bond acceptors (Lipinski definition) is 4. The summed E-state index contributed by atoms with van der Waals surface area (Å²) in [7, 11) is 0. The third kappa shape index (κ3) is 4.29. The van der Waals surface area contributed by atoms with Crippen LogP contribution in [0.2, 0.25) is 0 Å². The molecule has 3 N–H and O–H groups in total. The lowest BCUT2D eigenvalue weighted by Crippen LogP contribution is -2.30. The monoisotopic (exact) mass is 447 g/mol. The Bertz CT molecular complexity index is 1210. The number of nitrogens with zero attached hydrogens (tertiary/aromatic N) is 1. The molecule has 164 valence electrons. The van der Waals surface area contributed by atoms with E-state index in [2.05, 4.69) is 29.7 Å². The molecule has 6 nitrogen and oxygen atoms in total. The summed E-state index contributed by atoms with van der Waals surface area (Å²) in [4.78, 5) is 24.9. The van der Waals surface area contributed by atoms with E-state index in [1.807, 2.05) is 48.8 Å². The molecule has 4 rings (SSSR count). The molecule has 1 fully saturated rings. The molecule has 32 heavy (non-hydrogen) atoms. The van der Waals surface area contributed by atoms with Crippen LogP contribution in [0.3, 0.4) is 0 Å². The van der Waals surface area contributed by atoms with Gasteiger partial charge in [0, 0.05) is 17.1 Å². The van der Waals surface area contributed by atoms with Gasteiger partial charge in [0.2, 0.25) is 0 Å². The number of rotatable bonds is 6. The van der Waals surface area contributed by atoms with Gasteiger partial charge in [-0.15, -0.1) is 0 Å². The Morgan fingerprint density at radius 3 is 2.59 bits per heavy atom. The zero-order valence-electron chi connectivity index (χ0n) is 18.2. The minimum atomic E-state index is -0.973. The third-order valence-corrected chi connectivity index (χ3v) is 6.55. The van der Waals surface area contributed by atoms with Crippen molar-refractivity contribution in [1.29, 1.82) is 0 Å². The van der Waals surface area contributed by atoms with Gasteiger partial charge in [-0.2, -0.15) is 0 Å². The fourth-order valence-corrected chi connectivity index (χ4v) is 4.82. The molecule has 0 unspecified atom stereocenters. The van der Waals surface area contributed by atoms with Crippen molar-refractivity contribution in [2.75, 3.05) is 5.32 Å². The number of hydrogen-bond donors (Lipinski definition) is 3. The number of amides is 1. The first-order chi connectivity index (χ1) is 15.4. The summed E-state index contributed by atoms with van der Waals surface area (Å²) in [5.41, 5.74) is 5.47. The summed E-state index contributed by atoms with van der Waals surface area (Å²) in [6.07, 6.45) is 2.85. The minimum absolute atomic E-state index is 0.131. The fraction of sp³-hybridized carbons (Fsp3) is 0.200. The molecule has 0 radical (unpaired) electrons. The van der Waals surface area contributed by atoms with Crippen molar-refractivity contribution in [3.63, 3.8) is 0 Å². The average molecular weight is 448 g/mol. The number of aromatic nitrogens is 1. The van der Waals surface area contributed by atoms with Crippen LogP contribution >= 0.6 is 11.8 Å². The van der Waals surface area contributed by atoms with Gasteiger partial charge in [-0.05, 0) is 67.8 Å². The molecule has 1 aliphatic rings. The van der Waals surface area contributed by atoms with E-state index < -0.39 is 5.97 Å². The molecule has 1 atom stereocenters. The quantitative estimate of drug-likeness (QED) is 0.466. The molecule has 0 aliphatic carbocycles. The van der Waals surface area contributed by atoms with Gasteiger partial charge in [0.25, 0.3) is 5.91 Å². The normalized spacial score (nSPS) is 16.9. The van der Waals surface area contributed by atoms with E-state index in [-0.39, 0.29) is 17.0 Å². The Balaban J connectivity index is 1.59. The maximum absolute atomic E-state index is 12.6. The largest absolute Gasteiger partial charge is 0.478 e. The molecule has 1 amide bonds. The lowest BCUT2D eigenvalue weighted by Gasteiger charge is -2.13. The summed E-state index contributed by atoms with van der Waals surface area (Å²) >= 11 is 1.43. The number of anilines is 1. The molecule has 1 aromatic heterocycles. The van der Waals surface area contributed by atoms with Gasteiger partial charge >= 0.3 is 5.97 Å².